The summed E-state index contributed by atoms with van der Waals surface area (Å²) in [7, 11) is 0. The highest BCUT2D eigenvalue weighted by Gasteiger charge is 2.26. The second kappa shape index (κ2) is 7.20. The minimum absolute atomic E-state index is 0.148. The van der Waals surface area contributed by atoms with Gasteiger partial charge in [-0.3, -0.25) is 0 Å². The van der Waals surface area contributed by atoms with E-state index < -0.39 is 6.10 Å². The van der Waals surface area contributed by atoms with Crippen LogP contribution in [0.15, 0.2) is 0 Å². The zero-order valence-corrected chi connectivity index (χ0v) is 10.5. The molecule has 15 heavy (non-hydrogen) atoms. The zero-order chi connectivity index (χ0) is 11.9. The Morgan fingerprint density at radius 3 is 2.33 bits per heavy atom. The number of aliphatic hydroxyl groups excluding tert-OH is 2. The molecule has 0 spiro atoms. The Bertz CT molecular complexity index is 157. The molecule has 0 aromatic heterocycles. The minimum atomic E-state index is -0.588. The van der Waals surface area contributed by atoms with Crippen molar-refractivity contribution < 1.29 is 14.9 Å². The zero-order valence-electron chi connectivity index (χ0n) is 10.5. The fourth-order valence-electron chi connectivity index (χ4n) is 1.39. The van der Waals surface area contributed by atoms with Crippen molar-refractivity contribution in [3.63, 3.8) is 0 Å². The van der Waals surface area contributed by atoms with Crippen LogP contribution in [0.2, 0.25) is 0 Å². The lowest BCUT2D eigenvalue weighted by molar-refractivity contribution is -0.0605. The molecular weight excluding hydrogens is 192 g/mol. The van der Waals surface area contributed by atoms with Crippen LogP contribution in [0.1, 0.15) is 47.0 Å². The summed E-state index contributed by atoms with van der Waals surface area (Å²) in [6, 6.07) is 0. The summed E-state index contributed by atoms with van der Waals surface area (Å²) in [5.74, 6) is 0.380. The van der Waals surface area contributed by atoms with E-state index in [2.05, 4.69) is 27.7 Å². The summed E-state index contributed by atoms with van der Waals surface area (Å²) in [6.45, 7) is 9.01. The second-order valence-electron chi connectivity index (χ2n) is 4.77. The van der Waals surface area contributed by atoms with Crippen molar-refractivity contribution in [3.8, 4) is 0 Å². The Balaban J connectivity index is 3.89. The topological polar surface area (TPSA) is 49.7 Å². The van der Waals surface area contributed by atoms with Gasteiger partial charge >= 0.3 is 0 Å². The van der Waals surface area contributed by atoms with Crippen molar-refractivity contribution in [1.82, 2.24) is 0 Å². The predicted molar refractivity (Wildman–Crippen MR) is 61.8 cm³/mol. The van der Waals surface area contributed by atoms with E-state index in [4.69, 9.17) is 9.84 Å². The average Bonchev–Trinajstić information content (AvgIpc) is 2.22. The van der Waals surface area contributed by atoms with E-state index >= 15 is 0 Å². The highest BCUT2D eigenvalue weighted by molar-refractivity contribution is 4.77. The Kier molecular flexibility index (Phi) is 7.14. The van der Waals surface area contributed by atoms with Gasteiger partial charge in [-0.2, -0.15) is 0 Å². The first-order valence-corrected chi connectivity index (χ1v) is 5.87. The fourth-order valence-corrected chi connectivity index (χ4v) is 1.39. The van der Waals surface area contributed by atoms with Gasteiger partial charge < -0.3 is 14.9 Å². The number of hydrogen-bond donors (Lipinski definition) is 2. The van der Waals surface area contributed by atoms with Crippen molar-refractivity contribution in [2.45, 2.75) is 58.7 Å². The minimum Gasteiger partial charge on any atom is -0.394 e. The highest BCUT2D eigenvalue weighted by atomic mass is 16.5. The Morgan fingerprint density at radius 1 is 1.27 bits per heavy atom. The first kappa shape index (κ1) is 14.9. The number of ether oxygens (including phenoxy) is 1. The van der Waals surface area contributed by atoms with Crippen molar-refractivity contribution in [2.24, 2.45) is 5.92 Å². The van der Waals surface area contributed by atoms with Crippen molar-refractivity contribution in [2.75, 3.05) is 13.2 Å². The molecule has 0 bridgehead atoms. The smallest absolute Gasteiger partial charge is 0.0771 e. The van der Waals surface area contributed by atoms with Gasteiger partial charge in [0.05, 0.1) is 18.3 Å². The third kappa shape index (κ3) is 6.13. The highest BCUT2D eigenvalue weighted by Crippen LogP contribution is 2.25. The molecule has 92 valence electrons. The molecule has 0 saturated carbocycles. The summed E-state index contributed by atoms with van der Waals surface area (Å²) < 4.78 is 5.76. The van der Waals surface area contributed by atoms with E-state index in [9.17, 15) is 5.11 Å². The largest absolute Gasteiger partial charge is 0.394 e. The number of aliphatic hydroxyl groups is 2. The molecule has 0 radical (unpaired) electrons. The monoisotopic (exact) mass is 218 g/mol. The maximum absolute atomic E-state index is 9.26. The Hall–Kier alpha value is -0.120. The Morgan fingerprint density at radius 2 is 1.87 bits per heavy atom. The third-order valence-corrected chi connectivity index (χ3v) is 3.01. The standard InChI is InChI=1S/C12H26O3/c1-5-8-15-12(3,4)10(2)6-7-11(14)9-13/h10-11,13-14H,5-9H2,1-4H3. The van der Waals surface area contributed by atoms with Gasteiger partial charge in [0.2, 0.25) is 0 Å². The molecule has 0 heterocycles. The summed E-state index contributed by atoms with van der Waals surface area (Å²) in [5, 5.41) is 18.0. The van der Waals surface area contributed by atoms with Crippen LogP contribution in [0.3, 0.4) is 0 Å². The molecule has 3 heteroatoms. The first-order valence-electron chi connectivity index (χ1n) is 5.87. The molecule has 0 aliphatic heterocycles. The van der Waals surface area contributed by atoms with Crippen LogP contribution in [-0.4, -0.2) is 35.1 Å². The SMILES string of the molecule is CCCOC(C)(C)C(C)CCC(O)CO. The van der Waals surface area contributed by atoms with Crippen LogP contribution in [0.4, 0.5) is 0 Å². The van der Waals surface area contributed by atoms with E-state index in [1.807, 2.05) is 0 Å². The molecule has 0 aliphatic rings. The van der Waals surface area contributed by atoms with Crippen LogP contribution in [0.25, 0.3) is 0 Å². The van der Waals surface area contributed by atoms with Crippen LogP contribution in [0.5, 0.6) is 0 Å². The lowest BCUT2D eigenvalue weighted by Crippen LogP contribution is -2.33. The summed E-state index contributed by atoms with van der Waals surface area (Å²) in [6.07, 6.45) is 1.94. The van der Waals surface area contributed by atoms with Gasteiger partial charge in [-0.25, -0.2) is 0 Å². The fraction of sp³-hybridized carbons (Fsp3) is 1.00. The molecule has 2 N–H and O–H groups in total. The van der Waals surface area contributed by atoms with Gasteiger partial charge in [0, 0.05) is 6.61 Å². The van der Waals surface area contributed by atoms with Crippen molar-refractivity contribution in [3.05, 3.63) is 0 Å². The molecule has 0 saturated heterocycles. The second-order valence-corrected chi connectivity index (χ2v) is 4.77. The molecule has 3 nitrogen and oxygen atoms in total. The van der Waals surface area contributed by atoms with Gasteiger partial charge in [0.15, 0.2) is 0 Å². The summed E-state index contributed by atoms with van der Waals surface area (Å²) in [4.78, 5) is 0. The molecule has 0 aromatic rings. The average molecular weight is 218 g/mol. The van der Waals surface area contributed by atoms with E-state index in [1.54, 1.807) is 0 Å². The molecule has 0 rings (SSSR count). The first-order chi connectivity index (χ1) is 6.94. The lowest BCUT2D eigenvalue weighted by Gasteiger charge is -2.32. The van der Waals surface area contributed by atoms with Crippen molar-refractivity contribution in [1.29, 1.82) is 0 Å². The van der Waals surface area contributed by atoms with E-state index in [-0.39, 0.29) is 12.2 Å². The Labute approximate surface area is 93.5 Å². The normalized spacial score (nSPS) is 16.4. The van der Waals surface area contributed by atoms with E-state index in [0.29, 0.717) is 12.3 Å². The molecule has 0 aromatic carbocycles. The summed E-state index contributed by atoms with van der Waals surface area (Å²) in [5.41, 5.74) is -0.148. The predicted octanol–water partition coefficient (Wildman–Crippen LogP) is 1.96. The molecule has 2 unspecified atom stereocenters. The molecule has 0 amide bonds. The van der Waals surface area contributed by atoms with Crippen LogP contribution in [0, 0.1) is 5.92 Å². The molecular formula is C12H26O3. The maximum atomic E-state index is 9.26. The maximum Gasteiger partial charge on any atom is 0.0771 e. The number of rotatable bonds is 8. The van der Waals surface area contributed by atoms with Crippen LogP contribution < -0.4 is 0 Å². The summed E-state index contributed by atoms with van der Waals surface area (Å²) >= 11 is 0. The number of hydrogen-bond acceptors (Lipinski definition) is 3. The van der Waals surface area contributed by atoms with Gasteiger partial charge in [-0.05, 0) is 39.0 Å². The van der Waals surface area contributed by atoms with E-state index in [1.165, 1.54) is 0 Å². The third-order valence-electron chi connectivity index (χ3n) is 3.01. The molecule has 2 atom stereocenters. The molecule has 0 aliphatic carbocycles. The van der Waals surface area contributed by atoms with Crippen LogP contribution >= 0.6 is 0 Å². The van der Waals surface area contributed by atoms with E-state index in [0.717, 1.165) is 19.4 Å². The van der Waals surface area contributed by atoms with Gasteiger partial charge in [-0.1, -0.05) is 13.8 Å². The quantitative estimate of drug-likeness (QED) is 0.655. The van der Waals surface area contributed by atoms with Gasteiger partial charge in [-0.15, -0.1) is 0 Å². The van der Waals surface area contributed by atoms with Crippen molar-refractivity contribution >= 4 is 0 Å². The lowest BCUT2D eigenvalue weighted by atomic mass is 9.87. The van der Waals surface area contributed by atoms with Gasteiger partial charge in [0.1, 0.15) is 0 Å². The molecule has 0 fully saturated rings. The van der Waals surface area contributed by atoms with Crippen LogP contribution in [-0.2, 0) is 4.74 Å². The van der Waals surface area contributed by atoms with Gasteiger partial charge in [0.25, 0.3) is 0 Å².